The molecule has 1 unspecified atom stereocenters. The average molecular weight is 299 g/mol. The van der Waals surface area contributed by atoms with Crippen LogP contribution in [0.15, 0.2) is 22.5 Å². The number of hydrogen-bond donors (Lipinski definition) is 2. The zero-order valence-corrected chi connectivity index (χ0v) is 12.0. The molecular weight excluding hydrogens is 286 g/mol. The molecule has 19 heavy (non-hydrogen) atoms. The first-order chi connectivity index (χ1) is 8.86. The second-order valence-electron chi connectivity index (χ2n) is 4.01. The van der Waals surface area contributed by atoms with Gasteiger partial charge in [-0.05, 0) is 25.1 Å². The fourth-order valence-electron chi connectivity index (χ4n) is 1.54. The van der Waals surface area contributed by atoms with Gasteiger partial charge in [-0.2, -0.15) is 0 Å². The summed E-state index contributed by atoms with van der Waals surface area (Å²) >= 11 is 1.02. The Kier molecular flexibility index (Phi) is 3.46. The van der Waals surface area contributed by atoms with E-state index in [4.69, 9.17) is 5.73 Å². The topological polar surface area (TPSA) is 102 Å². The number of fused-ring (bicyclic) bond motifs is 1. The Morgan fingerprint density at radius 3 is 2.79 bits per heavy atom. The molecule has 1 aromatic carbocycles. The molecule has 3 N–H and O–H groups in total. The van der Waals surface area contributed by atoms with Crippen molar-refractivity contribution in [3.63, 3.8) is 0 Å². The van der Waals surface area contributed by atoms with E-state index >= 15 is 0 Å². The van der Waals surface area contributed by atoms with E-state index in [1.165, 1.54) is 14.0 Å². The maximum Gasteiger partial charge on any atom is 0.238 e. The van der Waals surface area contributed by atoms with Gasteiger partial charge in [-0.25, -0.2) is 13.4 Å². The third-order valence-corrected chi connectivity index (χ3v) is 6.20. The zero-order valence-electron chi connectivity index (χ0n) is 10.4. The lowest BCUT2D eigenvalue weighted by Gasteiger charge is -2.08. The molecule has 0 saturated carbocycles. The molecule has 6 nitrogen and oxygen atoms in total. The van der Waals surface area contributed by atoms with E-state index in [0.717, 1.165) is 11.3 Å². The summed E-state index contributed by atoms with van der Waals surface area (Å²) in [7, 11) is -2.37. The number of carbonyl (C=O) groups is 1. The van der Waals surface area contributed by atoms with Crippen LogP contribution in [0.1, 0.15) is 6.92 Å². The molecule has 2 rings (SSSR count). The lowest BCUT2D eigenvalue weighted by molar-refractivity contribution is -0.119. The third-order valence-electron chi connectivity index (χ3n) is 2.72. The molecule has 0 fully saturated rings. The van der Waals surface area contributed by atoms with Gasteiger partial charge in [0, 0.05) is 12.7 Å². The van der Waals surface area contributed by atoms with Crippen molar-refractivity contribution in [1.82, 2.24) is 10.3 Å². The van der Waals surface area contributed by atoms with Gasteiger partial charge in [0.1, 0.15) is 5.25 Å². The van der Waals surface area contributed by atoms with Crippen molar-refractivity contribution in [1.29, 1.82) is 0 Å². The number of sulfone groups is 1. The van der Waals surface area contributed by atoms with Crippen LogP contribution < -0.4 is 11.1 Å². The molecule has 0 aliphatic carbocycles. The minimum atomic E-state index is -3.77. The average Bonchev–Trinajstić information content (AvgIpc) is 2.80. The molecule has 8 heteroatoms. The number of amides is 1. The van der Waals surface area contributed by atoms with Crippen molar-refractivity contribution in [2.24, 2.45) is 0 Å². The van der Waals surface area contributed by atoms with Crippen LogP contribution in [-0.4, -0.2) is 31.6 Å². The number of nitrogen functional groups attached to an aromatic ring is 1. The Morgan fingerprint density at radius 1 is 1.47 bits per heavy atom. The predicted octanol–water partition coefficient (Wildman–Crippen LogP) is 0.787. The highest BCUT2D eigenvalue weighted by Crippen LogP contribution is 2.29. The van der Waals surface area contributed by atoms with Gasteiger partial charge in [-0.3, -0.25) is 4.79 Å². The molecule has 0 aliphatic heterocycles. The number of hydrogen-bond acceptors (Lipinski definition) is 6. The molecule has 1 heterocycles. The zero-order chi connectivity index (χ0) is 14.2. The molecule has 0 saturated heterocycles. The Bertz CT molecular complexity index is 737. The number of aromatic nitrogens is 1. The van der Waals surface area contributed by atoms with E-state index in [1.54, 1.807) is 18.2 Å². The number of anilines is 1. The van der Waals surface area contributed by atoms with Crippen molar-refractivity contribution in [3.05, 3.63) is 18.2 Å². The minimum absolute atomic E-state index is 0.0656. The van der Waals surface area contributed by atoms with Crippen molar-refractivity contribution in [2.75, 3.05) is 12.8 Å². The van der Waals surface area contributed by atoms with Gasteiger partial charge in [-0.1, -0.05) is 0 Å². The van der Waals surface area contributed by atoms with Crippen LogP contribution in [0.5, 0.6) is 0 Å². The summed E-state index contributed by atoms with van der Waals surface area (Å²) in [6, 6.07) is 4.97. The SMILES string of the molecule is CNC(=O)C(C)S(=O)(=O)c1nc2ccc(N)cc2s1. The normalized spacial score (nSPS) is 13.4. The number of nitrogens with one attached hydrogen (secondary N) is 1. The Balaban J connectivity index is 2.52. The maximum absolute atomic E-state index is 12.2. The van der Waals surface area contributed by atoms with Gasteiger partial charge in [0.25, 0.3) is 0 Å². The van der Waals surface area contributed by atoms with Crippen molar-refractivity contribution in [2.45, 2.75) is 16.5 Å². The van der Waals surface area contributed by atoms with Crippen LogP contribution in [-0.2, 0) is 14.6 Å². The first kappa shape index (κ1) is 13.8. The summed E-state index contributed by atoms with van der Waals surface area (Å²) < 4.78 is 25.1. The van der Waals surface area contributed by atoms with Crippen LogP contribution in [0.2, 0.25) is 0 Å². The van der Waals surface area contributed by atoms with E-state index in [1.807, 2.05) is 0 Å². The highest BCUT2D eigenvalue weighted by atomic mass is 32.2. The fourth-order valence-corrected chi connectivity index (χ4v) is 4.38. The molecule has 0 radical (unpaired) electrons. The highest BCUT2D eigenvalue weighted by Gasteiger charge is 2.32. The van der Waals surface area contributed by atoms with Gasteiger partial charge >= 0.3 is 0 Å². The van der Waals surface area contributed by atoms with Gasteiger partial charge in [0.15, 0.2) is 0 Å². The molecule has 0 spiro atoms. The Hall–Kier alpha value is -1.67. The first-order valence-electron chi connectivity index (χ1n) is 5.48. The van der Waals surface area contributed by atoms with Gasteiger partial charge in [0.2, 0.25) is 20.1 Å². The summed E-state index contributed by atoms with van der Waals surface area (Å²) in [6.45, 7) is 1.34. The van der Waals surface area contributed by atoms with Crippen LogP contribution in [0.25, 0.3) is 10.2 Å². The number of benzene rings is 1. The molecule has 102 valence electrons. The maximum atomic E-state index is 12.2. The van der Waals surface area contributed by atoms with Gasteiger partial charge in [-0.15, -0.1) is 11.3 Å². The van der Waals surface area contributed by atoms with E-state index in [-0.39, 0.29) is 4.34 Å². The number of nitrogens with two attached hydrogens (primary N) is 1. The van der Waals surface area contributed by atoms with Gasteiger partial charge < -0.3 is 11.1 Å². The standard InChI is InChI=1S/C11H13N3O3S2/c1-6(10(15)13-2)19(16,17)11-14-8-4-3-7(12)5-9(8)18-11/h3-6H,12H2,1-2H3,(H,13,15). The second kappa shape index (κ2) is 4.78. The molecule has 0 aliphatic rings. The van der Waals surface area contributed by atoms with Crippen LogP contribution in [0.3, 0.4) is 0 Å². The monoisotopic (exact) mass is 299 g/mol. The summed E-state index contributed by atoms with van der Waals surface area (Å²) in [5, 5.41) is 1.15. The minimum Gasteiger partial charge on any atom is -0.399 e. The molecule has 1 amide bonds. The predicted molar refractivity (Wildman–Crippen MR) is 74.7 cm³/mol. The van der Waals surface area contributed by atoms with Crippen LogP contribution >= 0.6 is 11.3 Å². The quantitative estimate of drug-likeness (QED) is 0.816. The van der Waals surface area contributed by atoms with Gasteiger partial charge in [0.05, 0.1) is 10.2 Å². The first-order valence-corrected chi connectivity index (χ1v) is 7.84. The van der Waals surface area contributed by atoms with Crippen molar-refractivity contribution >= 4 is 43.0 Å². The van der Waals surface area contributed by atoms with Crippen molar-refractivity contribution in [3.8, 4) is 0 Å². The Morgan fingerprint density at radius 2 is 2.16 bits per heavy atom. The second-order valence-corrected chi connectivity index (χ2v) is 7.48. The van der Waals surface area contributed by atoms with E-state index < -0.39 is 21.0 Å². The number of carbonyl (C=O) groups excluding carboxylic acids is 1. The summed E-state index contributed by atoms with van der Waals surface area (Å²) in [6.07, 6.45) is 0. The molecule has 2 aromatic rings. The summed E-state index contributed by atoms with van der Waals surface area (Å²) in [5.74, 6) is -0.557. The largest absolute Gasteiger partial charge is 0.399 e. The van der Waals surface area contributed by atoms with Crippen LogP contribution in [0.4, 0.5) is 5.69 Å². The van der Waals surface area contributed by atoms with E-state index in [9.17, 15) is 13.2 Å². The number of thiazole rings is 1. The van der Waals surface area contributed by atoms with Crippen molar-refractivity contribution < 1.29 is 13.2 Å². The van der Waals surface area contributed by atoms with E-state index in [2.05, 4.69) is 10.3 Å². The summed E-state index contributed by atoms with van der Waals surface area (Å²) in [5.41, 5.74) is 6.74. The lowest BCUT2D eigenvalue weighted by Crippen LogP contribution is -2.35. The fraction of sp³-hybridized carbons (Fsp3) is 0.273. The molecule has 1 atom stereocenters. The number of rotatable bonds is 3. The summed E-state index contributed by atoms with van der Waals surface area (Å²) in [4.78, 5) is 15.5. The highest BCUT2D eigenvalue weighted by molar-refractivity contribution is 7.94. The smallest absolute Gasteiger partial charge is 0.238 e. The van der Waals surface area contributed by atoms with E-state index in [0.29, 0.717) is 15.9 Å². The number of nitrogens with zero attached hydrogens (tertiary/aromatic N) is 1. The molecule has 0 bridgehead atoms. The molecule has 1 aromatic heterocycles. The lowest BCUT2D eigenvalue weighted by atomic mass is 10.3. The van der Waals surface area contributed by atoms with Crippen LogP contribution in [0, 0.1) is 0 Å². The third kappa shape index (κ3) is 2.41. The molecular formula is C11H13N3O3S2. The Labute approximate surface area is 114 Å².